The largest absolute Gasteiger partial charge is 0.393 e. The second-order valence-corrected chi connectivity index (χ2v) is 7.51. The highest BCUT2D eigenvalue weighted by Crippen LogP contribution is 2.21. The number of nitrogens with two attached hydrogens (primary N) is 1. The molecule has 30 heavy (non-hydrogen) atoms. The Hall–Kier alpha value is -2.98. The standard InChI is InChI=1S/C10H13N3O3.C10H15N3O/c14-9-3-5-12(6-4-9)8-1-2-10(11-7-8)13(15)16;11-10-2-1-8(7-12-10)13-5-3-9(14)4-6-13/h1-2,7,9,14H,3-6H2;1-2,7,9,14H,3-6H2,(H2,11,12). The predicted molar refractivity (Wildman–Crippen MR) is 114 cm³/mol. The average molecular weight is 416 g/mol. The number of hydrogen-bond acceptors (Lipinski definition) is 9. The Labute approximate surface area is 175 Å². The van der Waals surface area contributed by atoms with E-state index in [0.29, 0.717) is 5.82 Å². The Morgan fingerprint density at radius 3 is 1.70 bits per heavy atom. The van der Waals surface area contributed by atoms with Crippen LogP contribution in [0.15, 0.2) is 36.7 Å². The summed E-state index contributed by atoms with van der Waals surface area (Å²) in [5, 5.41) is 29.1. The molecule has 2 aliphatic rings. The third kappa shape index (κ3) is 6.01. The van der Waals surface area contributed by atoms with Crippen LogP contribution < -0.4 is 15.5 Å². The van der Waals surface area contributed by atoms with E-state index in [0.717, 1.165) is 63.2 Å². The van der Waals surface area contributed by atoms with E-state index in [1.807, 2.05) is 6.07 Å². The van der Waals surface area contributed by atoms with E-state index in [2.05, 4.69) is 19.8 Å². The number of rotatable bonds is 3. The Morgan fingerprint density at radius 2 is 1.33 bits per heavy atom. The fourth-order valence-corrected chi connectivity index (χ4v) is 3.51. The molecule has 0 aliphatic carbocycles. The lowest BCUT2D eigenvalue weighted by molar-refractivity contribution is -0.389. The molecule has 0 spiro atoms. The number of pyridine rings is 2. The molecule has 2 aromatic heterocycles. The van der Waals surface area contributed by atoms with Gasteiger partial charge in [0.25, 0.3) is 0 Å². The summed E-state index contributed by atoms with van der Waals surface area (Å²) in [7, 11) is 0. The first-order valence-electron chi connectivity index (χ1n) is 10.1. The van der Waals surface area contributed by atoms with Crippen LogP contribution in [-0.4, -0.2) is 63.5 Å². The summed E-state index contributed by atoms with van der Waals surface area (Å²) in [4.78, 5) is 22.0. The van der Waals surface area contributed by atoms with Crippen molar-refractivity contribution in [2.24, 2.45) is 0 Å². The molecule has 0 aromatic carbocycles. The fourth-order valence-electron chi connectivity index (χ4n) is 3.51. The van der Waals surface area contributed by atoms with Gasteiger partial charge in [0, 0.05) is 32.2 Å². The summed E-state index contributed by atoms with van der Waals surface area (Å²) in [5.74, 6) is 0.409. The minimum atomic E-state index is -0.510. The van der Waals surface area contributed by atoms with Gasteiger partial charge >= 0.3 is 5.82 Å². The second kappa shape index (κ2) is 10.2. The highest BCUT2D eigenvalue weighted by atomic mass is 16.6. The smallest absolute Gasteiger partial charge is 0.363 e. The van der Waals surface area contributed by atoms with Gasteiger partial charge in [0.05, 0.1) is 29.8 Å². The molecule has 2 aromatic rings. The lowest BCUT2D eigenvalue weighted by atomic mass is 10.1. The molecular weight excluding hydrogens is 388 g/mol. The fraction of sp³-hybridized carbons (Fsp3) is 0.500. The normalized spacial score (nSPS) is 17.9. The molecule has 0 unspecified atom stereocenters. The highest BCUT2D eigenvalue weighted by molar-refractivity contribution is 5.48. The van der Waals surface area contributed by atoms with Crippen molar-refractivity contribution in [3.63, 3.8) is 0 Å². The predicted octanol–water partition coefficient (Wildman–Crippen LogP) is 1.58. The molecular formula is C20H28N6O4. The van der Waals surface area contributed by atoms with Gasteiger partial charge in [-0.25, -0.2) is 4.98 Å². The Balaban J connectivity index is 0.000000172. The molecule has 0 bridgehead atoms. The SMILES string of the molecule is Nc1ccc(N2CCC(O)CC2)cn1.O=[N+]([O-])c1ccc(N2CCC(O)CC2)cn1. The van der Waals surface area contributed by atoms with Gasteiger partial charge in [-0.05, 0) is 53.8 Å². The summed E-state index contributed by atoms with van der Waals surface area (Å²) >= 11 is 0. The molecule has 10 nitrogen and oxygen atoms in total. The molecule has 0 atom stereocenters. The zero-order valence-electron chi connectivity index (χ0n) is 16.8. The molecule has 2 aliphatic heterocycles. The highest BCUT2D eigenvalue weighted by Gasteiger charge is 2.19. The first-order chi connectivity index (χ1) is 14.4. The molecule has 4 N–H and O–H groups in total. The molecule has 0 amide bonds. The Bertz CT molecular complexity index is 801. The summed E-state index contributed by atoms with van der Waals surface area (Å²) in [6.45, 7) is 3.32. The van der Waals surface area contributed by atoms with Crippen molar-refractivity contribution in [1.82, 2.24) is 9.97 Å². The summed E-state index contributed by atoms with van der Waals surface area (Å²) in [5.41, 5.74) is 7.47. The van der Waals surface area contributed by atoms with Crippen molar-refractivity contribution in [2.75, 3.05) is 41.7 Å². The third-order valence-electron chi connectivity index (χ3n) is 5.35. The van der Waals surface area contributed by atoms with Crippen molar-refractivity contribution in [3.05, 3.63) is 46.8 Å². The summed E-state index contributed by atoms with van der Waals surface area (Å²) in [6.07, 6.45) is 6.08. The van der Waals surface area contributed by atoms with E-state index < -0.39 is 4.92 Å². The van der Waals surface area contributed by atoms with Gasteiger partial charge in [-0.3, -0.25) is 0 Å². The van der Waals surface area contributed by atoms with E-state index in [-0.39, 0.29) is 18.0 Å². The minimum Gasteiger partial charge on any atom is -0.393 e. The molecule has 0 radical (unpaired) electrons. The zero-order chi connectivity index (χ0) is 21.5. The van der Waals surface area contributed by atoms with Crippen LogP contribution in [0.4, 0.5) is 23.0 Å². The lowest BCUT2D eigenvalue weighted by Gasteiger charge is -2.31. The van der Waals surface area contributed by atoms with E-state index in [1.165, 1.54) is 12.3 Å². The summed E-state index contributed by atoms with van der Waals surface area (Å²) in [6, 6.07) is 6.88. The Kier molecular flexibility index (Phi) is 7.36. The molecule has 2 saturated heterocycles. The quantitative estimate of drug-likeness (QED) is 0.502. The number of piperidine rings is 2. The van der Waals surface area contributed by atoms with Crippen LogP contribution >= 0.6 is 0 Å². The monoisotopic (exact) mass is 416 g/mol. The lowest BCUT2D eigenvalue weighted by Crippen LogP contribution is -2.35. The van der Waals surface area contributed by atoms with Gasteiger partial charge in [0.1, 0.15) is 5.82 Å². The van der Waals surface area contributed by atoms with E-state index in [4.69, 9.17) is 5.73 Å². The number of hydrogen-bond donors (Lipinski definition) is 3. The van der Waals surface area contributed by atoms with Crippen LogP contribution in [0.3, 0.4) is 0 Å². The number of nitrogen functional groups attached to an aromatic ring is 1. The van der Waals surface area contributed by atoms with Gasteiger partial charge in [0.15, 0.2) is 6.20 Å². The molecule has 2 fully saturated rings. The van der Waals surface area contributed by atoms with Gasteiger partial charge in [-0.15, -0.1) is 0 Å². The van der Waals surface area contributed by atoms with Crippen LogP contribution in [0, 0.1) is 10.1 Å². The first-order valence-corrected chi connectivity index (χ1v) is 10.1. The average Bonchev–Trinajstić information content (AvgIpc) is 2.76. The van der Waals surface area contributed by atoms with Crippen molar-refractivity contribution in [3.8, 4) is 0 Å². The van der Waals surface area contributed by atoms with Gasteiger partial charge in [-0.1, -0.05) is 0 Å². The van der Waals surface area contributed by atoms with Crippen LogP contribution in [0.25, 0.3) is 0 Å². The van der Waals surface area contributed by atoms with Gasteiger partial charge < -0.3 is 35.9 Å². The minimum absolute atomic E-state index is 0.131. The molecule has 162 valence electrons. The van der Waals surface area contributed by atoms with E-state index in [1.54, 1.807) is 18.3 Å². The number of nitrogens with zero attached hydrogens (tertiary/aromatic N) is 5. The van der Waals surface area contributed by atoms with Crippen LogP contribution in [0.2, 0.25) is 0 Å². The van der Waals surface area contributed by atoms with Crippen molar-refractivity contribution in [1.29, 1.82) is 0 Å². The molecule has 4 rings (SSSR count). The van der Waals surface area contributed by atoms with Crippen LogP contribution in [-0.2, 0) is 0 Å². The summed E-state index contributed by atoms with van der Waals surface area (Å²) < 4.78 is 0. The molecule has 4 heterocycles. The zero-order valence-corrected chi connectivity index (χ0v) is 16.8. The second-order valence-electron chi connectivity index (χ2n) is 7.51. The van der Waals surface area contributed by atoms with Gasteiger partial charge in [0.2, 0.25) is 0 Å². The maximum atomic E-state index is 10.4. The van der Waals surface area contributed by atoms with Crippen molar-refractivity contribution >= 4 is 23.0 Å². The molecule has 10 heteroatoms. The van der Waals surface area contributed by atoms with E-state index >= 15 is 0 Å². The number of aliphatic hydroxyl groups excluding tert-OH is 2. The number of aromatic nitrogens is 2. The van der Waals surface area contributed by atoms with Crippen molar-refractivity contribution in [2.45, 2.75) is 37.9 Å². The number of nitro groups is 1. The number of anilines is 3. The van der Waals surface area contributed by atoms with Gasteiger partial charge in [-0.2, -0.15) is 0 Å². The maximum Gasteiger partial charge on any atom is 0.363 e. The van der Waals surface area contributed by atoms with Crippen LogP contribution in [0.1, 0.15) is 25.7 Å². The third-order valence-corrected chi connectivity index (χ3v) is 5.35. The molecule has 0 saturated carbocycles. The first kappa shape index (κ1) is 21.7. The van der Waals surface area contributed by atoms with Crippen molar-refractivity contribution < 1.29 is 15.1 Å². The number of aliphatic hydroxyl groups is 2. The Morgan fingerprint density at radius 1 is 0.867 bits per heavy atom. The maximum absolute atomic E-state index is 10.4. The van der Waals surface area contributed by atoms with E-state index in [9.17, 15) is 20.3 Å². The van der Waals surface area contributed by atoms with Crippen LogP contribution in [0.5, 0.6) is 0 Å². The topological polar surface area (TPSA) is 142 Å².